The highest BCUT2D eigenvalue weighted by atomic mass is 32.2. The Labute approximate surface area is 272 Å². The first-order valence-electron chi connectivity index (χ1n) is 14.1. The van der Waals surface area contributed by atoms with E-state index in [0.717, 1.165) is 10.5 Å². The number of hydrogen-bond donors (Lipinski definition) is 3. The highest BCUT2D eigenvalue weighted by Crippen LogP contribution is 2.32. The highest BCUT2D eigenvalue weighted by molar-refractivity contribution is 8.00. The lowest BCUT2D eigenvalue weighted by Crippen LogP contribution is -2.30. The van der Waals surface area contributed by atoms with Crippen LogP contribution >= 0.6 is 23.1 Å². The topological polar surface area (TPSA) is 121 Å². The van der Waals surface area contributed by atoms with E-state index in [9.17, 15) is 24.0 Å². The minimum Gasteiger partial charge on any atom is -0.325 e. The number of fused-ring (bicyclic) bond motifs is 2. The summed E-state index contributed by atoms with van der Waals surface area (Å²) >= 11 is 2.75. The summed E-state index contributed by atoms with van der Waals surface area (Å²) in [7, 11) is 0. The summed E-state index contributed by atoms with van der Waals surface area (Å²) < 4.78 is 0. The van der Waals surface area contributed by atoms with E-state index in [4.69, 9.17) is 0 Å². The van der Waals surface area contributed by atoms with Crippen molar-refractivity contribution >= 4 is 69.8 Å². The van der Waals surface area contributed by atoms with Crippen molar-refractivity contribution in [3.05, 3.63) is 153 Å². The van der Waals surface area contributed by atoms with Crippen molar-refractivity contribution in [3.8, 4) is 0 Å². The number of thioether (sulfide) groups is 1. The Kier molecular flexibility index (Phi) is 9.00. The molecule has 0 aliphatic heterocycles. The van der Waals surface area contributed by atoms with Gasteiger partial charge in [-0.2, -0.15) is 11.3 Å². The molecule has 4 aromatic carbocycles. The Hall–Kier alpha value is -5.58. The van der Waals surface area contributed by atoms with Gasteiger partial charge in [0, 0.05) is 32.8 Å². The predicted octanol–water partition coefficient (Wildman–Crippen LogP) is 6.66. The number of thiophene rings is 1. The minimum atomic E-state index is -0.489. The van der Waals surface area contributed by atoms with E-state index in [1.54, 1.807) is 103 Å². The lowest BCUT2D eigenvalue weighted by molar-refractivity contribution is -0.114. The number of rotatable bonds is 9. The molecule has 1 aliphatic carbocycles. The number of carbonyl (C=O) groups excluding carboxylic acids is 5. The van der Waals surface area contributed by atoms with Crippen molar-refractivity contribution < 1.29 is 24.0 Å². The van der Waals surface area contributed by atoms with Gasteiger partial charge in [0.05, 0.1) is 17.0 Å². The minimum absolute atomic E-state index is 0.0488. The molecule has 10 heteroatoms. The smallest absolute Gasteiger partial charge is 0.272 e. The molecule has 0 fully saturated rings. The first kappa shape index (κ1) is 30.4. The Balaban J connectivity index is 1.08. The van der Waals surface area contributed by atoms with Gasteiger partial charge in [-0.3, -0.25) is 24.0 Å². The molecule has 0 spiro atoms. The van der Waals surface area contributed by atoms with E-state index in [1.807, 2.05) is 16.8 Å². The molecule has 0 bridgehead atoms. The van der Waals surface area contributed by atoms with E-state index in [2.05, 4.69) is 16.0 Å². The molecule has 1 aliphatic rings. The zero-order chi connectivity index (χ0) is 32.0. The van der Waals surface area contributed by atoms with E-state index < -0.39 is 11.8 Å². The number of amides is 3. The molecule has 0 saturated carbocycles. The second kappa shape index (κ2) is 13.6. The normalized spacial score (nSPS) is 12.1. The van der Waals surface area contributed by atoms with Crippen LogP contribution in [-0.4, -0.2) is 35.0 Å². The number of ketones is 2. The number of benzene rings is 4. The van der Waals surface area contributed by atoms with Gasteiger partial charge in [0.25, 0.3) is 11.8 Å². The van der Waals surface area contributed by atoms with Crippen molar-refractivity contribution in [2.75, 3.05) is 16.4 Å². The summed E-state index contributed by atoms with van der Waals surface area (Å²) in [6.07, 6.45) is 1.61. The molecule has 0 saturated heterocycles. The molecule has 8 nitrogen and oxygen atoms in total. The third-order valence-electron chi connectivity index (χ3n) is 7.09. The fourth-order valence-corrected chi connectivity index (χ4v) is 6.20. The lowest BCUT2D eigenvalue weighted by atomic mass is 9.83. The molecule has 5 aromatic rings. The maximum Gasteiger partial charge on any atom is 0.272 e. The average Bonchev–Trinajstić information content (AvgIpc) is 3.60. The van der Waals surface area contributed by atoms with E-state index in [0.29, 0.717) is 28.1 Å². The van der Waals surface area contributed by atoms with Crippen molar-refractivity contribution in [3.63, 3.8) is 0 Å². The summed E-state index contributed by atoms with van der Waals surface area (Å²) in [4.78, 5) is 65.9. The van der Waals surface area contributed by atoms with Crippen LogP contribution in [0, 0.1) is 0 Å². The van der Waals surface area contributed by atoms with Gasteiger partial charge >= 0.3 is 0 Å². The van der Waals surface area contributed by atoms with Crippen LogP contribution in [0.4, 0.5) is 11.4 Å². The van der Waals surface area contributed by atoms with Crippen LogP contribution in [0.3, 0.4) is 0 Å². The average molecular weight is 644 g/mol. The van der Waals surface area contributed by atoms with Crippen LogP contribution in [0.25, 0.3) is 6.08 Å². The van der Waals surface area contributed by atoms with Crippen molar-refractivity contribution in [2.45, 2.75) is 4.90 Å². The SMILES string of the molecule is O=C(CSc1ccc(NC(=O)/C(=C/c2ccsc2)NC(=O)c2ccccc2)cc1)Nc1cccc2c1C(=O)c1ccccc1C2=O. The standard InChI is InChI=1S/C36H25N3O5S2/c40-31(38-29-12-6-11-28-32(29)34(42)27-10-5-4-9-26(27)33(28)41)21-46-25-15-13-24(14-16-25)37-36(44)30(19-22-17-18-45-20-22)39-35(43)23-7-2-1-3-8-23/h1-20H,21H2,(H,37,44)(H,38,40)(H,39,43)/b30-19-. The monoisotopic (exact) mass is 643 g/mol. The molecule has 226 valence electrons. The zero-order valence-electron chi connectivity index (χ0n) is 24.1. The molecular formula is C36H25N3O5S2. The molecular weight excluding hydrogens is 619 g/mol. The zero-order valence-corrected chi connectivity index (χ0v) is 25.7. The molecule has 0 radical (unpaired) electrons. The summed E-state index contributed by atoms with van der Waals surface area (Å²) in [5, 5.41) is 12.1. The van der Waals surface area contributed by atoms with Gasteiger partial charge < -0.3 is 16.0 Å². The van der Waals surface area contributed by atoms with Gasteiger partial charge in [0.2, 0.25) is 5.91 Å². The van der Waals surface area contributed by atoms with Crippen molar-refractivity contribution in [1.82, 2.24) is 5.32 Å². The predicted molar refractivity (Wildman–Crippen MR) is 180 cm³/mol. The van der Waals surface area contributed by atoms with Crippen LogP contribution in [0.1, 0.15) is 47.8 Å². The van der Waals surface area contributed by atoms with E-state index in [-0.39, 0.29) is 40.1 Å². The van der Waals surface area contributed by atoms with Gasteiger partial charge in [-0.1, -0.05) is 54.6 Å². The second-order valence-electron chi connectivity index (χ2n) is 10.2. The third kappa shape index (κ3) is 6.73. The summed E-state index contributed by atoms with van der Waals surface area (Å²) in [5.41, 5.74) is 3.22. The van der Waals surface area contributed by atoms with Crippen LogP contribution in [0.15, 0.2) is 124 Å². The maximum absolute atomic E-state index is 13.2. The molecule has 6 rings (SSSR count). The largest absolute Gasteiger partial charge is 0.325 e. The Bertz CT molecular complexity index is 2000. The van der Waals surface area contributed by atoms with Gasteiger partial charge in [0.15, 0.2) is 11.6 Å². The third-order valence-corrected chi connectivity index (χ3v) is 8.81. The van der Waals surface area contributed by atoms with E-state index in [1.165, 1.54) is 23.1 Å². The number of hydrogen-bond acceptors (Lipinski definition) is 7. The van der Waals surface area contributed by atoms with Crippen LogP contribution < -0.4 is 16.0 Å². The summed E-state index contributed by atoms with van der Waals surface area (Å²) in [6.45, 7) is 0. The Morgan fingerprint density at radius 1 is 0.717 bits per heavy atom. The van der Waals surface area contributed by atoms with Crippen molar-refractivity contribution in [2.24, 2.45) is 0 Å². The number of anilines is 2. The maximum atomic E-state index is 13.2. The second-order valence-corrected chi connectivity index (χ2v) is 12.0. The van der Waals surface area contributed by atoms with Crippen LogP contribution in [0.5, 0.6) is 0 Å². The summed E-state index contributed by atoms with van der Waals surface area (Å²) in [5.74, 6) is -1.74. The molecule has 0 unspecified atom stereocenters. The fraction of sp³-hybridized carbons (Fsp3) is 0.0278. The summed E-state index contributed by atoms with van der Waals surface area (Å²) in [6, 6.07) is 28.9. The quantitative estimate of drug-likeness (QED) is 0.120. The van der Waals surface area contributed by atoms with Crippen molar-refractivity contribution in [1.29, 1.82) is 0 Å². The first-order chi connectivity index (χ1) is 22.4. The molecule has 3 amide bonds. The molecule has 0 atom stereocenters. The van der Waals surface area contributed by atoms with E-state index >= 15 is 0 Å². The fourth-order valence-electron chi connectivity index (χ4n) is 4.88. The highest BCUT2D eigenvalue weighted by Gasteiger charge is 2.31. The first-order valence-corrected chi connectivity index (χ1v) is 16.1. The Morgan fingerprint density at radius 2 is 1.41 bits per heavy atom. The molecule has 3 N–H and O–H groups in total. The van der Waals surface area contributed by atoms with Gasteiger partial charge in [0.1, 0.15) is 5.70 Å². The van der Waals surface area contributed by atoms with Gasteiger partial charge in [-0.05, 0) is 70.9 Å². The lowest BCUT2D eigenvalue weighted by Gasteiger charge is -2.20. The van der Waals surface area contributed by atoms with Gasteiger partial charge in [-0.15, -0.1) is 11.8 Å². The Morgan fingerprint density at radius 3 is 2.13 bits per heavy atom. The number of carbonyl (C=O) groups is 5. The molecule has 1 aromatic heterocycles. The number of nitrogens with one attached hydrogen (secondary N) is 3. The molecule has 46 heavy (non-hydrogen) atoms. The van der Waals surface area contributed by atoms with Gasteiger partial charge in [-0.25, -0.2) is 0 Å². The van der Waals surface area contributed by atoms with Crippen LogP contribution in [0.2, 0.25) is 0 Å². The van der Waals surface area contributed by atoms with Crippen LogP contribution in [-0.2, 0) is 9.59 Å². The molecule has 1 heterocycles.